The molecule has 2 N–H and O–H groups in total. The predicted octanol–water partition coefficient (Wildman–Crippen LogP) is 2.40. The summed E-state index contributed by atoms with van der Waals surface area (Å²) in [5, 5.41) is 7.59. The van der Waals surface area contributed by atoms with Gasteiger partial charge in [0.2, 0.25) is 0 Å². The summed E-state index contributed by atoms with van der Waals surface area (Å²) < 4.78 is 0. The smallest absolute Gasteiger partial charge is 0.0322 e. The van der Waals surface area contributed by atoms with E-state index in [2.05, 4.69) is 69.0 Å². The van der Waals surface area contributed by atoms with Gasteiger partial charge >= 0.3 is 0 Å². The maximum Gasteiger partial charge on any atom is 0.0322 e. The number of likely N-dealkylation sites (N-methyl/N-ethyl adjacent to an activating group) is 2. The molecule has 0 aliphatic carbocycles. The highest BCUT2D eigenvalue weighted by Crippen LogP contribution is 2.30. The molecule has 0 saturated carbocycles. The zero-order valence-electron chi connectivity index (χ0n) is 17.3. The van der Waals surface area contributed by atoms with Crippen LogP contribution in [0.3, 0.4) is 0 Å². The van der Waals surface area contributed by atoms with E-state index in [9.17, 15) is 0 Å². The Balaban J connectivity index is 1.78. The van der Waals surface area contributed by atoms with Crippen molar-refractivity contribution in [1.29, 1.82) is 0 Å². The molecule has 2 atom stereocenters. The molecule has 1 unspecified atom stereocenters. The lowest BCUT2D eigenvalue weighted by atomic mass is 9.84. The average molecular weight is 339 g/mol. The van der Waals surface area contributed by atoms with Crippen molar-refractivity contribution in [3.63, 3.8) is 0 Å². The third-order valence-corrected chi connectivity index (χ3v) is 5.58. The van der Waals surface area contributed by atoms with Gasteiger partial charge in [-0.1, -0.05) is 41.5 Å². The van der Waals surface area contributed by atoms with E-state index < -0.39 is 0 Å². The fourth-order valence-electron chi connectivity index (χ4n) is 4.14. The van der Waals surface area contributed by atoms with Crippen molar-refractivity contribution >= 4 is 0 Å². The Bertz CT molecular complexity index is 382. The average Bonchev–Trinajstić information content (AvgIpc) is 2.81. The minimum Gasteiger partial charge on any atom is -0.312 e. The Morgan fingerprint density at radius 3 is 2.08 bits per heavy atom. The van der Waals surface area contributed by atoms with Gasteiger partial charge in [0.1, 0.15) is 0 Å². The van der Waals surface area contributed by atoms with Crippen molar-refractivity contribution in [2.24, 2.45) is 10.8 Å². The standard InChI is InChI=1S/C20H42N4/c1-8-24-13-16(21-14-19(2,3)4)9-18(24)10-20(5,6)15-22-17-11-23(7)12-17/h16-18,21-22H,8-15H2,1-7H3/t16-,18?/m0/s1. The van der Waals surface area contributed by atoms with E-state index in [0.29, 0.717) is 22.9 Å². The number of rotatable bonds is 8. The number of nitrogens with zero attached hydrogens (tertiary/aromatic N) is 2. The van der Waals surface area contributed by atoms with Crippen LogP contribution in [-0.2, 0) is 0 Å². The molecule has 2 aliphatic rings. The number of hydrogen-bond donors (Lipinski definition) is 2. The molecule has 2 rings (SSSR count). The second-order valence-corrected chi connectivity index (χ2v) is 10.3. The van der Waals surface area contributed by atoms with Crippen LogP contribution in [0.2, 0.25) is 0 Å². The SMILES string of the molecule is CCN1C[C@@H](NCC(C)(C)C)CC1CC(C)(C)CNC1CN(C)C1. The lowest BCUT2D eigenvalue weighted by Gasteiger charge is -2.40. The van der Waals surface area contributed by atoms with Crippen LogP contribution < -0.4 is 10.6 Å². The Hall–Kier alpha value is -0.160. The molecule has 4 heteroatoms. The van der Waals surface area contributed by atoms with Crippen LogP contribution >= 0.6 is 0 Å². The Labute approximate surface area is 150 Å². The normalized spacial score (nSPS) is 27.6. The van der Waals surface area contributed by atoms with Crippen LogP contribution in [0.25, 0.3) is 0 Å². The third kappa shape index (κ3) is 6.29. The summed E-state index contributed by atoms with van der Waals surface area (Å²) in [5.74, 6) is 0. The van der Waals surface area contributed by atoms with Crippen LogP contribution in [0.15, 0.2) is 0 Å². The Kier molecular flexibility index (Phi) is 6.74. The topological polar surface area (TPSA) is 30.5 Å². The first-order chi connectivity index (χ1) is 11.1. The van der Waals surface area contributed by atoms with Gasteiger partial charge < -0.3 is 15.5 Å². The second kappa shape index (κ2) is 8.03. The summed E-state index contributed by atoms with van der Waals surface area (Å²) >= 11 is 0. The molecule has 2 heterocycles. The van der Waals surface area contributed by atoms with Gasteiger partial charge in [-0.3, -0.25) is 4.90 Å². The van der Waals surface area contributed by atoms with E-state index in [1.54, 1.807) is 0 Å². The molecule has 24 heavy (non-hydrogen) atoms. The fourth-order valence-corrected chi connectivity index (χ4v) is 4.14. The zero-order valence-corrected chi connectivity index (χ0v) is 17.3. The molecule has 0 aromatic heterocycles. The van der Waals surface area contributed by atoms with Crippen LogP contribution in [0, 0.1) is 10.8 Å². The summed E-state index contributed by atoms with van der Waals surface area (Å²) in [6.07, 6.45) is 2.60. The van der Waals surface area contributed by atoms with Crippen molar-refractivity contribution in [2.75, 3.05) is 46.3 Å². The van der Waals surface area contributed by atoms with Gasteiger partial charge in [-0.2, -0.15) is 0 Å². The first-order valence-electron chi connectivity index (χ1n) is 9.97. The minimum absolute atomic E-state index is 0.366. The monoisotopic (exact) mass is 338 g/mol. The molecule has 142 valence electrons. The van der Waals surface area contributed by atoms with Gasteiger partial charge in [-0.25, -0.2) is 0 Å². The Morgan fingerprint density at radius 2 is 1.54 bits per heavy atom. The number of hydrogen-bond acceptors (Lipinski definition) is 4. The summed E-state index contributed by atoms with van der Waals surface area (Å²) in [7, 11) is 2.20. The first-order valence-corrected chi connectivity index (χ1v) is 9.97. The number of nitrogens with one attached hydrogen (secondary N) is 2. The molecular weight excluding hydrogens is 296 g/mol. The molecule has 2 saturated heterocycles. The van der Waals surface area contributed by atoms with E-state index in [1.807, 2.05) is 0 Å². The highest BCUT2D eigenvalue weighted by Gasteiger charge is 2.35. The predicted molar refractivity (Wildman–Crippen MR) is 105 cm³/mol. The van der Waals surface area contributed by atoms with Crippen molar-refractivity contribution in [2.45, 2.75) is 72.5 Å². The van der Waals surface area contributed by atoms with E-state index in [1.165, 1.54) is 39.0 Å². The van der Waals surface area contributed by atoms with E-state index >= 15 is 0 Å². The van der Waals surface area contributed by atoms with E-state index in [-0.39, 0.29) is 0 Å². The molecule has 0 spiro atoms. The van der Waals surface area contributed by atoms with E-state index in [4.69, 9.17) is 0 Å². The van der Waals surface area contributed by atoms with Crippen LogP contribution in [0.1, 0.15) is 54.4 Å². The summed E-state index contributed by atoms with van der Waals surface area (Å²) in [4.78, 5) is 5.07. The van der Waals surface area contributed by atoms with Gasteiger partial charge in [0.25, 0.3) is 0 Å². The maximum atomic E-state index is 3.81. The largest absolute Gasteiger partial charge is 0.312 e. The molecular formula is C20H42N4. The maximum absolute atomic E-state index is 3.81. The van der Waals surface area contributed by atoms with Gasteiger partial charge in [-0.05, 0) is 37.3 Å². The van der Waals surface area contributed by atoms with Crippen molar-refractivity contribution in [1.82, 2.24) is 20.4 Å². The van der Waals surface area contributed by atoms with E-state index in [0.717, 1.165) is 19.1 Å². The molecule has 4 nitrogen and oxygen atoms in total. The molecule has 2 fully saturated rings. The molecule has 2 aliphatic heterocycles. The summed E-state index contributed by atoms with van der Waals surface area (Å²) in [5.41, 5.74) is 0.736. The van der Waals surface area contributed by atoms with Gasteiger partial charge in [0.15, 0.2) is 0 Å². The Morgan fingerprint density at radius 1 is 0.917 bits per heavy atom. The van der Waals surface area contributed by atoms with Gasteiger partial charge in [0.05, 0.1) is 0 Å². The van der Waals surface area contributed by atoms with Crippen molar-refractivity contribution in [3.8, 4) is 0 Å². The minimum atomic E-state index is 0.366. The molecule has 0 aromatic rings. The van der Waals surface area contributed by atoms with Crippen molar-refractivity contribution in [3.05, 3.63) is 0 Å². The number of likely N-dealkylation sites (tertiary alicyclic amines) is 2. The lowest BCUT2D eigenvalue weighted by Crippen LogP contribution is -2.57. The van der Waals surface area contributed by atoms with Gasteiger partial charge in [0, 0.05) is 50.8 Å². The molecule has 0 aromatic carbocycles. The fraction of sp³-hybridized carbons (Fsp3) is 1.00. The highest BCUT2D eigenvalue weighted by molar-refractivity contribution is 4.93. The first kappa shape index (κ1) is 20.2. The summed E-state index contributed by atoms with van der Waals surface area (Å²) in [6.45, 7) is 21.2. The lowest BCUT2D eigenvalue weighted by molar-refractivity contribution is 0.134. The second-order valence-electron chi connectivity index (χ2n) is 10.3. The third-order valence-electron chi connectivity index (χ3n) is 5.58. The molecule has 0 bridgehead atoms. The van der Waals surface area contributed by atoms with Gasteiger partial charge in [-0.15, -0.1) is 0 Å². The van der Waals surface area contributed by atoms with Crippen molar-refractivity contribution < 1.29 is 0 Å². The quantitative estimate of drug-likeness (QED) is 0.711. The summed E-state index contributed by atoms with van der Waals surface area (Å²) in [6, 6.07) is 2.10. The molecule has 0 amide bonds. The highest BCUT2D eigenvalue weighted by atomic mass is 15.2. The van der Waals surface area contributed by atoms with Crippen LogP contribution in [0.5, 0.6) is 0 Å². The molecule has 0 radical (unpaired) electrons. The van der Waals surface area contributed by atoms with Crippen LogP contribution in [0.4, 0.5) is 0 Å². The zero-order chi connectivity index (χ0) is 18.0. The van der Waals surface area contributed by atoms with Crippen LogP contribution in [-0.4, -0.2) is 74.2 Å².